The Bertz CT molecular complexity index is 397. The molecular formula is C13H20ClN3O2. The van der Waals surface area contributed by atoms with Gasteiger partial charge in [0.25, 0.3) is 0 Å². The first kappa shape index (κ1) is 15.7. The summed E-state index contributed by atoms with van der Waals surface area (Å²) in [6, 6.07) is 3.51. The number of aliphatic hydroxyl groups excluding tert-OH is 1. The zero-order valence-corrected chi connectivity index (χ0v) is 12.0. The lowest BCUT2D eigenvalue weighted by atomic mass is 10.1. The van der Waals surface area contributed by atoms with Crippen molar-refractivity contribution in [3.8, 4) is 0 Å². The molecule has 0 bridgehead atoms. The minimum atomic E-state index is -0.0657. The molecule has 0 aromatic carbocycles. The summed E-state index contributed by atoms with van der Waals surface area (Å²) in [6.45, 7) is 2.94. The minimum Gasteiger partial charge on any atom is -0.396 e. The van der Waals surface area contributed by atoms with E-state index in [2.05, 4.69) is 10.3 Å². The van der Waals surface area contributed by atoms with E-state index < -0.39 is 0 Å². The second kappa shape index (κ2) is 7.96. The first-order chi connectivity index (χ1) is 9.02. The summed E-state index contributed by atoms with van der Waals surface area (Å²) in [5, 5.41) is 12.2. The lowest BCUT2D eigenvalue weighted by Crippen LogP contribution is -2.37. The van der Waals surface area contributed by atoms with Gasteiger partial charge in [0.1, 0.15) is 5.82 Å². The zero-order valence-electron chi connectivity index (χ0n) is 11.3. The normalized spacial score (nSPS) is 12.0. The maximum Gasteiger partial charge on any atom is 0.239 e. The molecule has 19 heavy (non-hydrogen) atoms. The summed E-state index contributed by atoms with van der Waals surface area (Å²) in [5.41, 5.74) is 0. The molecule has 6 heteroatoms. The van der Waals surface area contributed by atoms with E-state index in [1.807, 2.05) is 6.92 Å². The molecule has 0 radical (unpaired) electrons. The van der Waals surface area contributed by atoms with Crippen LogP contribution < -0.4 is 10.2 Å². The van der Waals surface area contributed by atoms with E-state index in [9.17, 15) is 4.79 Å². The molecule has 0 saturated carbocycles. The number of pyridine rings is 1. The van der Waals surface area contributed by atoms with Crippen LogP contribution in [-0.2, 0) is 4.79 Å². The molecular weight excluding hydrogens is 266 g/mol. The Labute approximate surface area is 118 Å². The average Bonchev–Trinajstić information content (AvgIpc) is 2.37. The SMILES string of the molecule is CC(CCO)CNC(=O)CN(C)c1ccc(Cl)cn1. The Kier molecular flexibility index (Phi) is 6.59. The molecule has 0 aliphatic rings. The van der Waals surface area contributed by atoms with Crippen LogP contribution in [0.4, 0.5) is 5.82 Å². The van der Waals surface area contributed by atoms with Crippen LogP contribution in [0.3, 0.4) is 0 Å². The highest BCUT2D eigenvalue weighted by Gasteiger charge is 2.09. The standard InChI is InChI=1S/C13H20ClN3O2/c1-10(5-6-18)7-16-13(19)9-17(2)12-4-3-11(14)8-15-12/h3-4,8,10,18H,5-7,9H2,1-2H3,(H,16,19). The molecule has 0 fully saturated rings. The lowest BCUT2D eigenvalue weighted by molar-refractivity contribution is -0.119. The van der Waals surface area contributed by atoms with Gasteiger partial charge in [-0.15, -0.1) is 0 Å². The fourth-order valence-corrected chi connectivity index (χ4v) is 1.67. The van der Waals surface area contributed by atoms with Gasteiger partial charge in [-0.05, 0) is 24.5 Å². The van der Waals surface area contributed by atoms with Crippen LogP contribution in [0, 0.1) is 5.92 Å². The topological polar surface area (TPSA) is 65.5 Å². The van der Waals surface area contributed by atoms with Crippen molar-refractivity contribution in [3.63, 3.8) is 0 Å². The quantitative estimate of drug-likeness (QED) is 0.793. The number of halogens is 1. The van der Waals surface area contributed by atoms with Crippen LogP contribution >= 0.6 is 11.6 Å². The monoisotopic (exact) mass is 285 g/mol. The fraction of sp³-hybridized carbons (Fsp3) is 0.538. The van der Waals surface area contributed by atoms with Gasteiger partial charge in [0.05, 0.1) is 11.6 Å². The number of aromatic nitrogens is 1. The van der Waals surface area contributed by atoms with Gasteiger partial charge in [-0.2, -0.15) is 0 Å². The number of carbonyl (C=O) groups excluding carboxylic acids is 1. The number of nitrogens with zero attached hydrogens (tertiary/aromatic N) is 2. The number of hydrogen-bond acceptors (Lipinski definition) is 4. The van der Waals surface area contributed by atoms with Crippen LogP contribution in [0.5, 0.6) is 0 Å². The van der Waals surface area contributed by atoms with E-state index in [1.54, 1.807) is 30.3 Å². The summed E-state index contributed by atoms with van der Waals surface area (Å²) >= 11 is 5.76. The van der Waals surface area contributed by atoms with Crippen molar-refractivity contribution < 1.29 is 9.90 Å². The molecule has 1 atom stereocenters. The number of anilines is 1. The van der Waals surface area contributed by atoms with Gasteiger partial charge in [-0.3, -0.25) is 4.79 Å². The van der Waals surface area contributed by atoms with Crippen LogP contribution in [0.1, 0.15) is 13.3 Å². The third kappa shape index (κ3) is 5.89. The third-order valence-corrected chi connectivity index (χ3v) is 2.98. The van der Waals surface area contributed by atoms with Crippen molar-refractivity contribution in [1.82, 2.24) is 10.3 Å². The predicted octanol–water partition coefficient (Wildman–Crippen LogP) is 1.31. The summed E-state index contributed by atoms with van der Waals surface area (Å²) in [6.07, 6.45) is 2.24. The van der Waals surface area contributed by atoms with Crippen LogP contribution in [0.15, 0.2) is 18.3 Å². The fourth-order valence-electron chi connectivity index (χ4n) is 1.56. The molecule has 1 rings (SSSR count). The Morgan fingerprint density at radius 2 is 2.32 bits per heavy atom. The van der Waals surface area contributed by atoms with Crippen LogP contribution in [-0.4, -0.2) is 42.7 Å². The smallest absolute Gasteiger partial charge is 0.239 e. The molecule has 1 aromatic heterocycles. The molecule has 1 heterocycles. The minimum absolute atomic E-state index is 0.0657. The first-order valence-corrected chi connectivity index (χ1v) is 6.61. The van der Waals surface area contributed by atoms with Crippen molar-refractivity contribution in [2.24, 2.45) is 5.92 Å². The molecule has 0 aliphatic carbocycles. The molecule has 5 nitrogen and oxygen atoms in total. The van der Waals surface area contributed by atoms with Crippen molar-refractivity contribution in [1.29, 1.82) is 0 Å². The Morgan fingerprint density at radius 1 is 1.58 bits per heavy atom. The molecule has 106 valence electrons. The molecule has 1 amide bonds. The second-order valence-corrected chi connectivity index (χ2v) is 5.05. The first-order valence-electron chi connectivity index (χ1n) is 6.23. The summed E-state index contributed by atoms with van der Waals surface area (Å²) in [4.78, 5) is 17.6. The van der Waals surface area contributed by atoms with Gasteiger partial charge in [-0.1, -0.05) is 18.5 Å². The van der Waals surface area contributed by atoms with E-state index >= 15 is 0 Å². The van der Waals surface area contributed by atoms with Crippen molar-refractivity contribution in [2.45, 2.75) is 13.3 Å². The molecule has 0 aliphatic heterocycles. The Balaban J connectivity index is 2.37. The van der Waals surface area contributed by atoms with E-state index in [4.69, 9.17) is 16.7 Å². The highest BCUT2D eigenvalue weighted by molar-refractivity contribution is 6.30. The Hall–Kier alpha value is -1.33. The van der Waals surface area contributed by atoms with Gasteiger partial charge in [0, 0.05) is 26.4 Å². The maximum absolute atomic E-state index is 11.7. The molecule has 1 aromatic rings. The molecule has 2 N–H and O–H groups in total. The summed E-state index contributed by atoms with van der Waals surface area (Å²) in [5.74, 6) is 0.903. The van der Waals surface area contributed by atoms with E-state index in [0.717, 1.165) is 0 Å². The number of likely N-dealkylation sites (N-methyl/N-ethyl adjacent to an activating group) is 1. The summed E-state index contributed by atoms with van der Waals surface area (Å²) < 4.78 is 0. The van der Waals surface area contributed by atoms with E-state index in [0.29, 0.717) is 23.8 Å². The van der Waals surface area contributed by atoms with E-state index in [-0.39, 0.29) is 25.0 Å². The molecule has 0 spiro atoms. The Morgan fingerprint density at radius 3 is 2.89 bits per heavy atom. The van der Waals surface area contributed by atoms with Crippen molar-refractivity contribution >= 4 is 23.3 Å². The number of nitrogens with one attached hydrogen (secondary N) is 1. The second-order valence-electron chi connectivity index (χ2n) is 4.61. The van der Waals surface area contributed by atoms with Crippen molar-refractivity contribution in [2.75, 3.05) is 31.6 Å². The number of rotatable bonds is 7. The summed E-state index contributed by atoms with van der Waals surface area (Å²) in [7, 11) is 1.80. The number of hydrogen-bond donors (Lipinski definition) is 2. The number of carbonyl (C=O) groups is 1. The lowest BCUT2D eigenvalue weighted by Gasteiger charge is -2.18. The zero-order chi connectivity index (χ0) is 14.3. The number of amides is 1. The van der Waals surface area contributed by atoms with Crippen molar-refractivity contribution in [3.05, 3.63) is 23.4 Å². The van der Waals surface area contributed by atoms with Gasteiger partial charge in [0.2, 0.25) is 5.91 Å². The van der Waals surface area contributed by atoms with Crippen LogP contribution in [0.2, 0.25) is 5.02 Å². The highest BCUT2D eigenvalue weighted by Crippen LogP contribution is 2.12. The average molecular weight is 286 g/mol. The molecule has 1 unspecified atom stereocenters. The highest BCUT2D eigenvalue weighted by atomic mass is 35.5. The van der Waals surface area contributed by atoms with Gasteiger partial charge in [0.15, 0.2) is 0 Å². The predicted molar refractivity (Wildman–Crippen MR) is 76.4 cm³/mol. The van der Waals surface area contributed by atoms with Gasteiger partial charge < -0.3 is 15.3 Å². The molecule has 0 saturated heterocycles. The third-order valence-electron chi connectivity index (χ3n) is 2.75. The van der Waals surface area contributed by atoms with Gasteiger partial charge in [-0.25, -0.2) is 4.98 Å². The van der Waals surface area contributed by atoms with Crippen LogP contribution in [0.25, 0.3) is 0 Å². The van der Waals surface area contributed by atoms with E-state index in [1.165, 1.54) is 0 Å². The van der Waals surface area contributed by atoms with Gasteiger partial charge >= 0.3 is 0 Å². The number of aliphatic hydroxyl groups is 1. The maximum atomic E-state index is 11.7. The largest absolute Gasteiger partial charge is 0.396 e.